The minimum atomic E-state index is -0.474. The third kappa shape index (κ3) is 3.46. The lowest BCUT2D eigenvalue weighted by atomic mass is 10.0. The average Bonchev–Trinajstić information content (AvgIpc) is 3.00. The highest BCUT2D eigenvalue weighted by Gasteiger charge is 2.11. The van der Waals surface area contributed by atoms with Gasteiger partial charge in [0, 0.05) is 0 Å². The summed E-state index contributed by atoms with van der Waals surface area (Å²) >= 11 is 3.15. The van der Waals surface area contributed by atoms with Crippen molar-refractivity contribution in [1.82, 2.24) is 0 Å². The Balaban J connectivity index is 1.63. The van der Waals surface area contributed by atoms with E-state index in [2.05, 4.69) is 28.1 Å². The summed E-state index contributed by atoms with van der Waals surface area (Å²) in [6.45, 7) is 0.215. The summed E-state index contributed by atoms with van der Waals surface area (Å²) < 4.78 is 10.9. The van der Waals surface area contributed by atoms with Crippen LogP contribution in [0.3, 0.4) is 0 Å². The van der Waals surface area contributed by atoms with E-state index in [0.717, 1.165) is 16.7 Å². The molecule has 0 saturated heterocycles. The van der Waals surface area contributed by atoms with Gasteiger partial charge >= 0.3 is 5.97 Å². The van der Waals surface area contributed by atoms with E-state index in [1.807, 2.05) is 42.5 Å². The second-order valence-corrected chi connectivity index (χ2v) is 5.52. The van der Waals surface area contributed by atoms with Crippen LogP contribution in [0.1, 0.15) is 16.1 Å². The largest absolute Gasteiger partial charge is 0.455 e. The fourth-order valence-corrected chi connectivity index (χ4v) is 2.37. The van der Waals surface area contributed by atoms with Gasteiger partial charge in [0.15, 0.2) is 4.67 Å². The van der Waals surface area contributed by atoms with Crippen molar-refractivity contribution >= 4 is 21.9 Å². The first-order chi connectivity index (χ1) is 10.7. The first-order valence-electron chi connectivity index (χ1n) is 6.79. The van der Waals surface area contributed by atoms with Gasteiger partial charge in [0.2, 0.25) is 5.76 Å². The number of furan rings is 1. The SMILES string of the molecule is O=C(OCc1ccc(-c2ccccc2)cc1)c1ccc(Br)o1. The number of halogens is 1. The molecular formula is C18H13BrO3. The summed E-state index contributed by atoms with van der Waals surface area (Å²) in [4.78, 5) is 11.8. The minimum absolute atomic E-state index is 0.188. The van der Waals surface area contributed by atoms with Gasteiger partial charge in [0.25, 0.3) is 0 Å². The highest BCUT2D eigenvalue weighted by atomic mass is 79.9. The Morgan fingerprint density at radius 2 is 1.59 bits per heavy atom. The van der Waals surface area contributed by atoms with Gasteiger partial charge in [-0.15, -0.1) is 0 Å². The van der Waals surface area contributed by atoms with Gasteiger partial charge in [0.1, 0.15) is 6.61 Å². The van der Waals surface area contributed by atoms with Crippen LogP contribution in [0.25, 0.3) is 11.1 Å². The summed E-state index contributed by atoms with van der Waals surface area (Å²) in [7, 11) is 0. The number of carbonyl (C=O) groups excluding carboxylic acids is 1. The third-order valence-electron chi connectivity index (χ3n) is 3.21. The molecule has 3 aromatic rings. The molecule has 0 saturated carbocycles. The van der Waals surface area contributed by atoms with Crippen molar-refractivity contribution < 1.29 is 13.9 Å². The molecule has 22 heavy (non-hydrogen) atoms. The van der Waals surface area contributed by atoms with Crippen LogP contribution in [0.15, 0.2) is 75.8 Å². The standard InChI is InChI=1S/C18H13BrO3/c19-17-11-10-16(22-17)18(20)21-12-13-6-8-15(9-7-13)14-4-2-1-3-5-14/h1-11H,12H2. The zero-order valence-electron chi connectivity index (χ0n) is 11.7. The lowest BCUT2D eigenvalue weighted by molar-refractivity contribution is 0.0434. The third-order valence-corrected chi connectivity index (χ3v) is 3.63. The lowest BCUT2D eigenvalue weighted by Gasteiger charge is -2.05. The quantitative estimate of drug-likeness (QED) is 0.613. The Bertz CT molecular complexity index is 761. The Labute approximate surface area is 136 Å². The zero-order chi connectivity index (χ0) is 15.4. The monoisotopic (exact) mass is 356 g/mol. The van der Waals surface area contributed by atoms with Gasteiger partial charge < -0.3 is 9.15 Å². The number of carbonyl (C=O) groups is 1. The van der Waals surface area contributed by atoms with Crippen molar-refractivity contribution in [3.8, 4) is 11.1 Å². The van der Waals surface area contributed by atoms with Crippen LogP contribution in [0.5, 0.6) is 0 Å². The molecule has 0 atom stereocenters. The van der Waals surface area contributed by atoms with E-state index in [1.165, 1.54) is 0 Å². The van der Waals surface area contributed by atoms with Crippen molar-refractivity contribution in [3.05, 3.63) is 82.7 Å². The molecule has 0 radical (unpaired) electrons. The fourth-order valence-electron chi connectivity index (χ4n) is 2.07. The number of benzene rings is 2. The van der Waals surface area contributed by atoms with Crippen molar-refractivity contribution in [3.63, 3.8) is 0 Å². The van der Waals surface area contributed by atoms with Crippen molar-refractivity contribution in [1.29, 1.82) is 0 Å². The Morgan fingerprint density at radius 1 is 0.909 bits per heavy atom. The normalized spacial score (nSPS) is 10.4. The van der Waals surface area contributed by atoms with Gasteiger partial charge in [-0.3, -0.25) is 0 Å². The van der Waals surface area contributed by atoms with Gasteiger partial charge in [0.05, 0.1) is 0 Å². The van der Waals surface area contributed by atoms with Gasteiger partial charge in [-0.1, -0.05) is 54.6 Å². The molecule has 0 unspecified atom stereocenters. The Morgan fingerprint density at radius 3 is 2.23 bits per heavy atom. The predicted molar refractivity (Wildman–Crippen MR) is 87.4 cm³/mol. The van der Waals surface area contributed by atoms with Crippen LogP contribution < -0.4 is 0 Å². The average molecular weight is 357 g/mol. The van der Waals surface area contributed by atoms with Crippen LogP contribution in [0.4, 0.5) is 0 Å². The molecular weight excluding hydrogens is 344 g/mol. The maximum atomic E-state index is 11.8. The molecule has 0 aliphatic rings. The summed E-state index contributed by atoms with van der Waals surface area (Å²) in [5.41, 5.74) is 3.22. The minimum Gasteiger partial charge on any atom is -0.455 e. The topological polar surface area (TPSA) is 39.4 Å². The molecule has 0 N–H and O–H groups in total. The molecule has 2 aromatic carbocycles. The van der Waals surface area contributed by atoms with Crippen molar-refractivity contribution in [2.75, 3.05) is 0 Å². The molecule has 0 spiro atoms. The molecule has 1 heterocycles. The molecule has 1 aromatic heterocycles. The maximum Gasteiger partial charge on any atom is 0.374 e. The lowest BCUT2D eigenvalue weighted by Crippen LogP contribution is -2.03. The molecule has 110 valence electrons. The Kier molecular flexibility index (Phi) is 4.39. The van der Waals surface area contributed by atoms with Crippen LogP contribution in [-0.2, 0) is 11.3 Å². The molecule has 3 rings (SSSR count). The number of rotatable bonds is 4. The molecule has 0 aliphatic heterocycles. The summed E-state index contributed by atoms with van der Waals surface area (Å²) in [6, 6.07) is 21.3. The molecule has 3 nitrogen and oxygen atoms in total. The van der Waals surface area contributed by atoms with Crippen molar-refractivity contribution in [2.45, 2.75) is 6.61 Å². The van der Waals surface area contributed by atoms with Crippen molar-refractivity contribution in [2.24, 2.45) is 0 Å². The van der Waals surface area contributed by atoms with E-state index < -0.39 is 5.97 Å². The van der Waals surface area contributed by atoms with E-state index in [0.29, 0.717) is 4.67 Å². The molecule has 0 bridgehead atoms. The smallest absolute Gasteiger partial charge is 0.374 e. The zero-order valence-corrected chi connectivity index (χ0v) is 13.2. The van der Waals surface area contributed by atoms with Gasteiger partial charge in [-0.2, -0.15) is 0 Å². The molecule has 0 amide bonds. The highest BCUT2D eigenvalue weighted by Crippen LogP contribution is 2.20. The summed E-state index contributed by atoms with van der Waals surface area (Å²) in [5, 5.41) is 0. The highest BCUT2D eigenvalue weighted by molar-refractivity contribution is 9.10. The van der Waals surface area contributed by atoms with E-state index in [9.17, 15) is 4.79 Å². The van der Waals surface area contributed by atoms with Gasteiger partial charge in [-0.05, 0) is 44.8 Å². The second kappa shape index (κ2) is 6.62. The molecule has 4 heteroatoms. The number of hydrogen-bond acceptors (Lipinski definition) is 3. The Hall–Kier alpha value is -2.33. The number of ether oxygens (including phenoxy) is 1. The maximum absolute atomic E-state index is 11.8. The van der Waals surface area contributed by atoms with Gasteiger partial charge in [-0.25, -0.2) is 4.79 Å². The van der Waals surface area contributed by atoms with E-state index in [1.54, 1.807) is 12.1 Å². The first kappa shape index (κ1) is 14.6. The van der Waals surface area contributed by atoms with Crippen LogP contribution in [0.2, 0.25) is 0 Å². The molecule has 0 fully saturated rings. The number of hydrogen-bond donors (Lipinski definition) is 0. The van der Waals surface area contributed by atoms with Crippen LogP contribution in [-0.4, -0.2) is 5.97 Å². The summed E-state index contributed by atoms with van der Waals surface area (Å²) in [6.07, 6.45) is 0. The first-order valence-corrected chi connectivity index (χ1v) is 7.58. The fraction of sp³-hybridized carbons (Fsp3) is 0.0556. The second-order valence-electron chi connectivity index (χ2n) is 4.74. The van der Waals surface area contributed by atoms with Crippen LogP contribution in [0, 0.1) is 0 Å². The van der Waals surface area contributed by atoms with E-state index >= 15 is 0 Å². The van der Waals surface area contributed by atoms with Crippen LogP contribution >= 0.6 is 15.9 Å². The van der Waals surface area contributed by atoms with E-state index in [4.69, 9.17) is 9.15 Å². The van der Waals surface area contributed by atoms with E-state index in [-0.39, 0.29) is 12.4 Å². The molecule has 0 aliphatic carbocycles. The predicted octanol–water partition coefficient (Wildman–Crippen LogP) is 5.07. The number of esters is 1. The summed E-state index contributed by atoms with van der Waals surface area (Å²) in [5.74, 6) is -0.286.